The van der Waals surface area contributed by atoms with E-state index in [1.54, 1.807) is 4.57 Å². The molecule has 2 N–H and O–H groups in total. The van der Waals surface area contributed by atoms with E-state index in [0.717, 1.165) is 19.3 Å². The Kier molecular flexibility index (Phi) is 3.45. The van der Waals surface area contributed by atoms with Gasteiger partial charge in [-0.1, -0.05) is 6.92 Å². The molecule has 1 aromatic heterocycles. The van der Waals surface area contributed by atoms with Crippen LogP contribution in [0.4, 0.5) is 0 Å². The van der Waals surface area contributed by atoms with Gasteiger partial charge >= 0.3 is 0 Å². The SMILES string of the molecule is CCCn1c(C2CCCO2)nnc1S(N)(=O)=O. The van der Waals surface area contributed by atoms with Crippen molar-refractivity contribution in [3.63, 3.8) is 0 Å². The van der Waals surface area contributed by atoms with Gasteiger partial charge in [0.05, 0.1) is 0 Å². The van der Waals surface area contributed by atoms with Gasteiger partial charge in [-0.15, -0.1) is 10.2 Å². The fraction of sp³-hybridized carbons (Fsp3) is 0.778. The fourth-order valence-electron chi connectivity index (χ4n) is 1.96. The van der Waals surface area contributed by atoms with Gasteiger partial charge in [0, 0.05) is 13.2 Å². The molecule has 8 heteroatoms. The molecule has 1 fully saturated rings. The number of nitrogens with zero attached hydrogens (tertiary/aromatic N) is 3. The Bertz CT molecular complexity index is 490. The van der Waals surface area contributed by atoms with Gasteiger partial charge in [0.25, 0.3) is 15.2 Å². The van der Waals surface area contributed by atoms with Gasteiger partial charge in [0.15, 0.2) is 5.82 Å². The lowest BCUT2D eigenvalue weighted by Gasteiger charge is -2.11. The highest BCUT2D eigenvalue weighted by Crippen LogP contribution is 2.28. The second-order valence-electron chi connectivity index (χ2n) is 4.04. The predicted octanol–water partition coefficient (Wildman–Crippen LogP) is 0.187. The van der Waals surface area contributed by atoms with Crippen LogP contribution >= 0.6 is 0 Å². The summed E-state index contributed by atoms with van der Waals surface area (Å²) in [5, 5.41) is 12.5. The zero-order valence-electron chi connectivity index (χ0n) is 9.66. The number of nitrogens with two attached hydrogens (primary N) is 1. The maximum atomic E-state index is 11.4. The summed E-state index contributed by atoms with van der Waals surface area (Å²) >= 11 is 0. The largest absolute Gasteiger partial charge is 0.370 e. The number of aromatic nitrogens is 3. The van der Waals surface area contributed by atoms with Gasteiger partial charge in [-0.05, 0) is 19.3 Å². The summed E-state index contributed by atoms with van der Waals surface area (Å²) in [6.45, 7) is 3.15. The molecule has 0 radical (unpaired) electrons. The molecule has 1 aliphatic rings. The topological polar surface area (TPSA) is 100 Å². The molecule has 0 saturated carbocycles. The van der Waals surface area contributed by atoms with Gasteiger partial charge in [-0.25, -0.2) is 13.6 Å². The molecule has 0 aliphatic carbocycles. The maximum Gasteiger partial charge on any atom is 0.273 e. The summed E-state index contributed by atoms with van der Waals surface area (Å²) in [5.74, 6) is 0.563. The Labute approximate surface area is 100 Å². The monoisotopic (exact) mass is 260 g/mol. The molecule has 1 atom stereocenters. The van der Waals surface area contributed by atoms with E-state index in [0.29, 0.717) is 19.0 Å². The number of rotatable bonds is 4. The van der Waals surface area contributed by atoms with Crippen molar-refractivity contribution >= 4 is 10.0 Å². The minimum atomic E-state index is -3.83. The minimum Gasteiger partial charge on any atom is -0.370 e. The first-order chi connectivity index (χ1) is 8.04. The summed E-state index contributed by atoms with van der Waals surface area (Å²) in [6, 6.07) is 0. The number of ether oxygens (including phenoxy) is 1. The lowest BCUT2D eigenvalue weighted by atomic mass is 10.2. The van der Waals surface area contributed by atoms with E-state index in [2.05, 4.69) is 10.2 Å². The van der Waals surface area contributed by atoms with Crippen LogP contribution in [0.3, 0.4) is 0 Å². The van der Waals surface area contributed by atoms with Gasteiger partial charge in [-0.3, -0.25) is 4.57 Å². The minimum absolute atomic E-state index is 0.162. The Hall–Kier alpha value is -0.990. The van der Waals surface area contributed by atoms with E-state index in [1.807, 2.05) is 6.92 Å². The van der Waals surface area contributed by atoms with Crippen LogP contribution in [0, 0.1) is 0 Å². The molecule has 1 saturated heterocycles. The maximum absolute atomic E-state index is 11.4. The van der Waals surface area contributed by atoms with Gasteiger partial charge in [0.2, 0.25) is 0 Å². The van der Waals surface area contributed by atoms with E-state index in [4.69, 9.17) is 9.88 Å². The number of hydrogen-bond acceptors (Lipinski definition) is 5. The van der Waals surface area contributed by atoms with Crippen molar-refractivity contribution in [3.8, 4) is 0 Å². The third-order valence-corrected chi connectivity index (χ3v) is 3.48. The Morgan fingerprint density at radius 2 is 2.29 bits per heavy atom. The quantitative estimate of drug-likeness (QED) is 0.832. The van der Waals surface area contributed by atoms with Crippen molar-refractivity contribution in [2.45, 2.75) is 44.0 Å². The Balaban J connectivity index is 2.42. The van der Waals surface area contributed by atoms with E-state index >= 15 is 0 Å². The van der Waals surface area contributed by atoms with Crippen LogP contribution in [-0.4, -0.2) is 29.8 Å². The first-order valence-electron chi connectivity index (χ1n) is 5.61. The van der Waals surface area contributed by atoms with Gasteiger partial charge in [-0.2, -0.15) is 0 Å². The summed E-state index contributed by atoms with van der Waals surface area (Å²) in [5.41, 5.74) is 0. The average Bonchev–Trinajstić information content (AvgIpc) is 2.82. The van der Waals surface area contributed by atoms with Gasteiger partial charge < -0.3 is 4.74 Å². The average molecular weight is 260 g/mol. The van der Waals surface area contributed by atoms with Crippen LogP contribution in [0.1, 0.15) is 38.1 Å². The van der Waals surface area contributed by atoms with E-state index in [-0.39, 0.29) is 11.3 Å². The van der Waals surface area contributed by atoms with Crippen molar-refractivity contribution in [1.82, 2.24) is 14.8 Å². The van der Waals surface area contributed by atoms with Crippen LogP contribution in [0.2, 0.25) is 0 Å². The van der Waals surface area contributed by atoms with Crippen LogP contribution in [0.5, 0.6) is 0 Å². The molecule has 0 aromatic carbocycles. The molecule has 2 rings (SSSR count). The van der Waals surface area contributed by atoms with Crippen molar-refractivity contribution in [3.05, 3.63) is 5.82 Å². The number of sulfonamides is 1. The molecular weight excluding hydrogens is 244 g/mol. The zero-order chi connectivity index (χ0) is 12.5. The lowest BCUT2D eigenvalue weighted by molar-refractivity contribution is 0.101. The molecule has 1 unspecified atom stereocenters. The highest BCUT2D eigenvalue weighted by Gasteiger charge is 2.28. The molecule has 7 nitrogen and oxygen atoms in total. The highest BCUT2D eigenvalue weighted by molar-refractivity contribution is 7.89. The van der Waals surface area contributed by atoms with Crippen molar-refractivity contribution in [2.75, 3.05) is 6.61 Å². The van der Waals surface area contributed by atoms with E-state index in [9.17, 15) is 8.42 Å². The highest BCUT2D eigenvalue weighted by atomic mass is 32.2. The van der Waals surface area contributed by atoms with Crippen molar-refractivity contribution < 1.29 is 13.2 Å². The third-order valence-electron chi connectivity index (χ3n) is 2.66. The third kappa shape index (κ3) is 2.48. The zero-order valence-corrected chi connectivity index (χ0v) is 10.5. The van der Waals surface area contributed by atoms with Crippen LogP contribution in [0.15, 0.2) is 5.16 Å². The summed E-state index contributed by atoms with van der Waals surface area (Å²) in [6.07, 6.45) is 2.41. The van der Waals surface area contributed by atoms with Crippen LogP contribution < -0.4 is 5.14 Å². The predicted molar refractivity (Wildman–Crippen MR) is 59.6 cm³/mol. The van der Waals surface area contributed by atoms with Crippen molar-refractivity contribution in [1.29, 1.82) is 0 Å². The molecule has 0 amide bonds. The van der Waals surface area contributed by atoms with E-state index in [1.165, 1.54) is 0 Å². The first kappa shape index (κ1) is 12.5. The number of primary sulfonamides is 1. The standard InChI is InChI=1S/C9H16N4O3S/c1-2-5-13-8(7-4-3-6-16-7)11-12-9(13)17(10,14)15/h7H,2-6H2,1H3,(H2,10,14,15). The molecule has 96 valence electrons. The molecular formula is C9H16N4O3S. The molecule has 0 bridgehead atoms. The van der Waals surface area contributed by atoms with Gasteiger partial charge in [0.1, 0.15) is 6.10 Å². The summed E-state index contributed by atoms with van der Waals surface area (Å²) in [7, 11) is -3.83. The first-order valence-corrected chi connectivity index (χ1v) is 7.16. The lowest BCUT2D eigenvalue weighted by Crippen LogP contribution is -2.20. The van der Waals surface area contributed by atoms with E-state index < -0.39 is 10.0 Å². The Morgan fingerprint density at radius 3 is 2.82 bits per heavy atom. The smallest absolute Gasteiger partial charge is 0.273 e. The molecule has 2 heterocycles. The molecule has 1 aromatic rings. The Morgan fingerprint density at radius 1 is 1.53 bits per heavy atom. The van der Waals surface area contributed by atoms with Crippen LogP contribution in [0.25, 0.3) is 0 Å². The molecule has 1 aliphatic heterocycles. The summed E-state index contributed by atoms with van der Waals surface area (Å²) < 4.78 is 29.8. The normalized spacial score (nSPS) is 20.9. The summed E-state index contributed by atoms with van der Waals surface area (Å²) in [4.78, 5) is 0. The fourth-order valence-corrected chi connectivity index (χ4v) is 2.61. The molecule has 0 spiro atoms. The van der Waals surface area contributed by atoms with Crippen LogP contribution in [-0.2, 0) is 21.3 Å². The van der Waals surface area contributed by atoms with Crippen molar-refractivity contribution in [2.24, 2.45) is 5.14 Å². The number of hydrogen-bond donors (Lipinski definition) is 1. The second-order valence-corrected chi connectivity index (χ2v) is 5.49. The second kappa shape index (κ2) is 4.71. The molecule has 17 heavy (non-hydrogen) atoms.